The number of hydrogen-bond donors (Lipinski definition) is 1. The number of benzene rings is 2. The highest BCUT2D eigenvalue weighted by Crippen LogP contribution is 2.36. The van der Waals surface area contributed by atoms with Gasteiger partial charge in [-0.15, -0.1) is 0 Å². The van der Waals surface area contributed by atoms with E-state index in [2.05, 4.69) is 20.9 Å². The van der Waals surface area contributed by atoms with E-state index in [1.165, 1.54) is 12.1 Å². The van der Waals surface area contributed by atoms with Crippen LogP contribution in [0, 0.1) is 5.82 Å². The maximum Gasteiger partial charge on any atom is 0.145 e. The summed E-state index contributed by atoms with van der Waals surface area (Å²) in [6.45, 7) is 0. The molecule has 0 saturated heterocycles. The van der Waals surface area contributed by atoms with Crippen molar-refractivity contribution >= 4 is 44.1 Å². The molecule has 0 unspecified atom stereocenters. The molecular weight excluding hydrogens is 359 g/mol. The SMILES string of the molecule is Nc1cccc2c(Oc3cc(F)c(Cl)cc3Br)ccnc12. The summed E-state index contributed by atoms with van der Waals surface area (Å²) in [5.41, 5.74) is 7.08. The van der Waals surface area contributed by atoms with Crippen LogP contribution >= 0.6 is 27.5 Å². The predicted molar refractivity (Wildman–Crippen MR) is 85.3 cm³/mol. The topological polar surface area (TPSA) is 48.1 Å². The fourth-order valence-electron chi connectivity index (χ4n) is 1.96. The van der Waals surface area contributed by atoms with E-state index in [1.54, 1.807) is 18.3 Å². The van der Waals surface area contributed by atoms with Gasteiger partial charge in [0.05, 0.1) is 20.7 Å². The molecule has 3 aromatic rings. The van der Waals surface area contributed by atoms with Gasteiger partial charge in [-0.05, 0) is 40.2 Å². The number of ether oxygens (including phenoxy) is 1. The van der Waals surface area contributed by atoms with Crippen LogP contribution in [0.15, 0.2) is 47.1 Å². The average molecular weight is 368 g/mol. The third kappa shape index (κ3) is 2.66. The predicted octanol–water partition coefficient (Wildman–Crippen LogP) is 5.16. The van der Waals surface area contributed by atoms with E-state index in [1.807, 2.05) is 12.1 Å². The molecule has 3 nitrogen and oxygen atoms in total. The Morgan fingerprint density at radius 3 is 2.81 bits per heavy atom. The largest absolute Gasteiger partial charge is 0.455 e. The summed E-state index contributed by atoms with van der Waals surface area (Å²) < 4.78 is 19.9. The summed E-state index contributed by atoms with van der Waals surface area (Å²) in [6, 6.07) is 9.78. The van der Waals surface area contributed by atoms with Crippen LogP contribution in [-0.4, -0.2) is 4.98 Å². The number of para-hydroxylation sites is 1. The van der Waals surface area contributed by atoms with Gasteiger partial charge in [0.2, 0.25) is 0 Å². The fraction of sp³-hybridized carbons (Fsp3) is 0. The van der Waals surface area contributed by atoms with Crippen molar-refractivity contribution in [3.05, 3.63) is 57.9 Å². The second-order valence-electron chi connectivity index (χ2n) is 4.35. The first-order valence-electron chi connectivity index (χ1n) is 6.02. The highest BCUT2D eigenvalue weighted by atomic mass is 79.9. The number of fused-ring (bicyclic) bond motifs is 1. The van der Waals surface area contributed by atoms with E-state index in [0.717, 1.165) is 5.39 Å². The molecule has 2 N–H and O–H groups in total. The molecule has 21 heavy (non-hydrogen) atoms. The molecule has 1 aromatic heterocycles. The average Bonchev–Trinajstić information content (AvgIpc) is 2.46. The van der Waals surface area contributed by atoms with Gasteiger partial charge in [0.1, 0.15) is 17.3 Å². The van der Waals surface area contributed by atoms with Crippen molar-refractivity contribution in [2.24, 2.45) is 0 Å². The molecule has 3 rings (SSSR count). The first kappa shape index (κ1) is 14.1. The Kier molecular flexibility index (Phi) is 3.69. The Bertz CT molecular complexity index is 841. The summed E-state index contributed by atoms with van der Waals surface area (Å²) in [7, 11) is 0. The smallest absolute Gasteiger partial charge is 0.145 e. The van der Waals surface area contributed by atoms with Gasteiger partial charge in [-0.1, -0.05) is 17.7 Å². The van der Waals surface area contributed by atoms with E-state index in [0.29, 0.717) is 27.2 Å². The zero-order valence-corrected chi connectivity index (χ0v) is 13.0. The number of halogens is 3. The van der Waals surface area contributed by atoms with Crippen LogP contribution in [0.1, 0.15) is 0 Å². The second kappa shape index (κ2) is 5.50. The number of nitrogens with zero attached hydrogens (tertiary/aromatic N) is 1. The lowest BCUT2D eigenvalue weighted by Gasteiger charge is -2.11. The molecule has 0 aliphatic heterocycles. The molecular formula is C15H9BrClFN2O. The molecule has 1 heterocycles. The number of rotatable bonds is 2. The Morgan fingerprint density at radius 1 is 1.19 bits per heavy atom. The monoisotopic (exact) mass is 366 g/mol. The Labute approximate surface area is 133 Å². The van der Waals surface area contributed by atoms with Crippen molar-refractivity contribution in [3.63, 3.8) is 0 Å². The molecule has 0 aliphatic rings. The van der Waals surface area contributed by atoms with Crippen molar-refractivity contribution < 1.29 is 9.13 Å². The summed E-state index contributed by atoms with van der Waals surface area (Å²) >= 11 is 9.02. The van der Waals surface area contributed by atoms with Crippen LogP contribution in [0.5, 0.6) is 11.5 Å². The lowest BCUT2D eigenvalue weighted by atomic mass is 10.2. The molecule has 0 spiro atoms. The van der Waals surface area contributed by atoms with Gasteiger partial charge in [-0.2, -0.15) is 0 Å². The standard InChI is InChI=1S/C15H9BrClFN2O/c16-9-6-10(17)11(18)7-14(9)21-13-4-5-20-15-8(13)2-1-3-12(15)19/h1-7H,19H2. The number of hydrogen-bond acceptors (Lipinski definition) is 3. The minimum atomic E-state index is -0.548. The van der Waals surface area contributed by atoms with Crippen LogP contribution in [0.3, 0.4) is 0 Å². The normalized spacial score (nSPS) is 10.8. The highest BCUT2D eigenvalue weighted by Gasteiger charge is 2.11. The quantitative estimate of drug-likeness (QED) is 0.502. The van der Waals surface area contributed by atoms with Gasteiger partial charge >= 0.3 is 0 Å². The molecule has 0 atom stereocenters. The molecule has 0 saturated carbocycles. The van der Waals surface area contributed by atoms with Gasteiger partial charge in [0.15, 0.2) is 0 Å². The van der Waals surface area contributed by atoms with Gasteiger partial charge in [0, 0.05) is 17.6 Å². The maximum atomic E-state index is 13.6. The Balaban J connectivity index is 2.11. The van der Waals surface area contributed by atoms with Crippen molar-refractivity contribution in [1.29, 1.82) is 0 Å². The Morgan fingerprint density at radius 2 is 2.00 bits per heavy atom. The number of anilines is 1. The van der Waals surface area contributed by atoms with Crippen LogP contribution in [-0.2, 0) is 0 Å². The molecule has 6 heteroatoms. The fourth-order valence-corrected chi connectivity index (χ4v) is 2.68. The van der Waals surface area contributed by atoms with Crippen molar-refractivity contribution in [3.8, 4) is 11.5 Å². The van der Waals surface area contributed by atoms with Crippen molar-refractivity contribution in [2.75, 3.05) is 5.73 Å². The molecule has 0 fully saturated rings. The minimum Gasteiger partial charge on any atom is -0.455 e. The zero-order valence-electron chi connectivity index (χ0n) is 10.6. The maximum absolute atomic E-state index is 13.6. The van der Waals surface area contributed by atoms with E-state index in [9.17, 15) is 4.39 Å². The number of nitrogen functional groups attached to an aromatic ring is 1. The molecule has 0 amide bonds. The summed E-state index contributed by atoms with van der Waals surface area (Å²) in [5.74, 6) is 0.314. The van der Waals surface area contributed by atoms with E-state index >= 15 is 0 Å². The number of pyridine rings is 1. The number of aromatic nitrogens is 1. The summed E-state index contributed by atoms with van der Waals surface area (Å²) in [6.07, 6.45) is 1.59. The van der Waals surface area contributed by atoms with Gasteiger partial charge in [-0.3, -0.25) is 4.98 Å². The minimum absolute atomic E-state index is 0.0260. The van der Waals surface area contributed by atoms with E-state index in [4.69, 9.17) is 22.1 Å². The van der Waals surface area contributed by atoms with Crippen LogP contribution in [0.25, 0.3) is 10.9 Å². The molecule has 2 aromatic carbocycles. The molecule has 0 radical (unpaired) electrons. The van der Waals surface area contributed by atoms with Crippen LogP contribution in [0.4, 0.5) is 10.1 Å². The molecule has 0 aliphatic carbocycles. The highest BCUT2D eigenvalue weighted by molar-refractivity contribution is 9.10. The first-order chi connectivity index (χ1) is 10.1. The zero-order chi connectivity index (χ0) is 15.0. The summed E-state index contributed by atoms with van der Waals surface area (Å²) in [4.78, 5) is 4.23. The van der Waals surface area contributed by atoms with Crippen molar-refractivity contribution in [2.45, 2.75) is 0 Å². The van der Waals surface area contributed by atoms with Gasteiger partial charge in [0.25, 0.3) is 0 Å². The van der Waals surface area contributed by atoms with Gasteiger partial charge < -0.3 is 10.5 Å². The Hall–Kier alpha value is -1.85. The van der Waals surface area contributed by atoms with Crippen molar-refractivity contribution in [1.82, 2.24) is 4.98 Å². The first-order valence-corrected chi connectivity index (χ1v) is 7.19. The lowest BCUT2D eigenvalue weighted by molar-refractivity contribution is 0.478. The number of nitrogens with two attached hydrogens (primary N) is 1. The van der Waals surface area contributed by atoms with E-state index in [-0.39, 0.29) is 5.02 Å². The van der Waals surface area contributed by atoms with Gasteiger partial charge in [-0.25, -0.2) is 4.39 Å². The van der Waals surface area contributed by atoms with E-state index < -0.39 is 5.82 Å². The molecule has 0 bridgehead atoms. The van der Waals surface area contributed by atoms with Crippen LogP contribution in [0.2, 0.25) is 5.02 Å². The third-order valence-corrected chi connectivity index (χ3v) is 3.87. The lowest BCUT2D eigenvalue weighted by Crippen LogP contribution is -1.93. The van der Waals surface area contributed by atoms with Crippen LogP contribution < -0.4 is 10.5 Å². The second-order valence-corrected chi connectivity index (χ2v) is 5.61. The summed E-state index contributed by atoms with van der Waals surface area (Å²) in [5, 5.41) is 0.776. The third-order valence-electron chi connectivity index (χ3n) is 2.96. The molecule has 106 valence electrons.